The summed E-state index contributed by atoms with van der Waals surface area (Å²) in [6.07, 6.45) is 8.09. The fraction of sp³-hybridized carbons (Fsp3) is 0.824. The van der Waals surface area contributed by atoms with Crippen LogP contribution in [0.2, 0.25) is 0 Å². The van der Waals surface area contributed by atoms with Gasteiger partial charge in [-0.1, -0.05) is 6.42 Å². The zero-order chi connectivity index (χ0) is 14.7. The highest BCUT2D eigenvalue weighted by Crippen LogP contribution is 2.31. The Labute approximate surface area is 128 Å². The Hall–Kier alpha value is -0.870. The van der Waals surface area contributed by atoms with E-state index in [4.69, 9.17) is 0 Å². The van der Waals surface area contributed by atoms with Gasteiger partial charge < -0.3 is 10.6 Å². The molecule has 2 N–H and O–H groups in total. The van der Waals surface area contributed by atoms with E-state index in [0.717, 1.165) is 36.8 Å². The number of aryl methyl sites for hydroxylation is 3. The van der Waals surface area contributed by atoms with E-state index >= 15 is 0 Å². The molecule has 2 fully saturated rings. The van der Waals surface area contributed by atoms with E-state index in [1.165, 1.54) is 50.8 Å². The van der Waals surface area contributed by atoms with E-state index in [1.54, 1.807) is 0 Å². The molecule has 0 aromatic carbocycles. The molecule has 4 heteroatoms. The van der Waals surface area contributed by atoms with Gasteiger partial charge in [-0.2, -0.15) is 5.10 Å². The van der Waals surface area contributed by atoms with Crippen molar-refractivity contribution in [3.63, 3.8) is 0 Å². The van der Waals surface area contributed by atoms with Crippen LogP contribution in [0.15, 0.2) is 6.07 Å². The molecule has 3 unspecified atom stereocenters. The Balaban J connectivity index is 1.41. The van der Waals surface area contributed by atoms with Crippen molar-refractivity contribution in [1.29, 1.82) is 0 Å². The maximum Gasteiger partial charge on any atom is 0.0596 e. The fourth-order valence-electron chi connectivity index (χ4n) is 4.22. The maximum atomic E-state index is 4.54. The van der Waals surface area contributed by atoms with Crippen LogP contribution < -0.4 is 10.6 Å². The third-order valence-corrected chi connectivity index (χ3v) is 5.24. The van der Waals surface area contributed by atoms with Crippen molar-refractivity contribution in [3.8, 4) is 0 Å². The molecule has 21 heavy (non-hydrogen) atoms. The molecule has 0 bridgehead atoms. The topological polar surface area (TPSA) is 41.9 Å². The molecule has 118 valence electrons. The maximum absolute atomic E-state index is 4.54. The van der Waals surface area contributed by atoms with Crippen molar-refractivity contribution < 1.29 is 0 Å². The van der Waals surface area contributed by atoms with Crippen LogP contribution in [0.3, 0.4) is 0 Å². The number of nitrogens with one attached hydrogen (secondary N) is 2. The molecule has 1 aromatic heterocycles. The molecule has 2 heterocycles. The monoisotopic (exact) mass is 290 g/mol. The SMILES string of the molecule is Cc1cc(C)n(CCCNC2CCCC2C2CCCN2)n1. The molecule has 3 atom stereocenters. The molecular formula is C17H30N4. The highest BCUT2D eigenvalue weighted by Gasteiger charge is 2.34. The summed E-state index contributed by atoms with van der Waals surface area (Å²) in [6, 6.07) is 3.67. The lowest BCUT2D eigenvalue weighted by molar-refractivity contribution is 0.318. The van der Waals surface area contributed by atoms with Gasteiger partial charge in [0.15, 0.2) is 0 Å². The lowest BCUT2D eigenvalue weighted by atomic mass is 9.93. The van der Waals surface area contributed by atoms with Crippen molar-refractivity contribution in [2.45, 2.75) is 71.0 Å². The summed E-state index contributed by atoms with van der Waals surface area (Å²) in [5, 5.41) is 12.1. The number of hydrogen-bond donors (Lipinski definition) is 2. The molecule has 4 nitrogen and oxygen atoms in total. The summed E-state index contributed by atoms with van der Waals surface area (Å²) in [6.45, 7) is 7.59. The van der Waals surface area contributed by atoms with E-state index < -0.39 is 0 Å². The van der Waals surface area contributed by atoms with E-state index in [1.807, 2.05) is 0 Å². The molecule has 1 saturated heterocycles. The first-order chi connectivity index (χ1) is 10.2. The van der Waals surface area contributed by atoms with Crippen molar-refractivity contribution in [2.24, 2.45) is 5.92 Å². The van der Waals surface area contributed by atoms with E-state index in [0.29, 0.717) is 0 Å². The van der Waals surface area contributed by atoms with Gasteiger partial charge in [-0.3, -0.25) is 4.68 Å². The quantitative estimate of drug-likeness (QED) is 0.791. The van der Waals surface area contributed by atoms with Crippen LogP contribution in [0.1, 0.15) is 49.9 Å². The van der Waals surface area contributed by atoms with E-state index in [2.05, 4.69) is 40.3 Å². The van der Waals surface area contributed by atoms with Gasteiger partial charge in [0.2, 0.25) is 0 Å². The zero-order valence-corrected chi connectivity index (χ0v) is 13.6. The van der Waals surface area contributed by atoms with Crippen molar-refractivity contribution >= 4 is 0 Å². The summed E-state index contributed by atoms with van der Waals surface area (Å²) in [5.74, 6) is 0.862. The summed E-state index contributed by atoms with van der Waals surface area (Å²) < 4.78 is 2.14. The Morgan fingerprint density at radius 3 is 2.90 bits per heavy atom. The second-order valence-corrected chi connectivity index (χ2v) is 6.86. The average molecular weight is 290 g/mol. The number of hydrogen-bond acceptors (Lipinski definition) is 3. The minimum absolute atomic E-state index is 0.737. The first-order valence-electron chi connectivity index (χ1n) is 8.72. The number of rotatable bonds is 6. The van der Waals surface area contributed by atoms with Gasteiger partial charge in [0.05, 0.1) is 5.69 Å². The van der Waals surface area contributed by atoms with Crippen LogP contribution in [0.5, 0.6) is 0 Å². The standard InChI is InChI=1S/C17H30N4/c1-13-12-14(2)21(20-13)11-5-10-19-16-7-3-6-15(16)17-8-4-9-18-17/h12,15-19H,3-11H2,1-2H3. The Morgan fingerprint density at radius 2 is 2.19 bits per heavy atom. The van der Waals surface area contributed by atoms with Gasteiger partial charge >= 0.3 is 0 Å². The van der Waals surface area contributed by atoms with Crippen molar-refractivity contribution in [1.82, 2.24) is 20.4 Å². The van der Waals surface area contributed by atoms with Gasteiger partial charge in [0, 0.05) is 24.3 Å². The van der Waals surface area contributed by atoms with Gasteiger partial charge in [0.25, 0.3) is 0 Å². The predicted molar refractivity (Wildman–Crippen MR) is 86.5 cm³/mol. The Morgan fingerprint density at radius 1 is 1.29 bits per heavy atom. The lowest BCUT2D eigenvalue weighted by Gasteiger charge is -2.26. The molecule has 0 radical (unpaired) electrons. The molecule has 0 amide bonds. The number of nitrogens with zero attached hydrogens (tertiary/aromatic N) is 2. The highest BCUT2D eigenvalue weighted by molar-refractivity contribution is 5.06. The minimum Gasteiger partial charge on any atom is -0.314 e. The Bertz CT molecular complexity index is 448. The highest BCUT2D eigenvalue weighted by atomic mass is 15.3. The minimum atomic E-state index is 0.737. The van der Waals surface area contributed by atoms with Crippen LogP contribution in [0, 0.1) is 19.8 Å². The zero-order valence-electron chi connectivity index (χ0n) is 13.6. The van der Waals surface area contributed by atoms with E-state index in [-0.39, 0.29) is 0 Å². The van der Waals surface area contributed by atoms with Gasteiger partial charge in [-0.15, -0.1) is 0 Å². The molecular weight excluding hydrogens is 260 g/mol. The van der Waals surface area contributed by atoms with Gasteiger partial charge in [-0.25, -0.2) is 0 Å². The third kappa shape index (κ3) is 3.67. The second kappa shape index (κ2) is 6.93. The lowest BCUT2D eigenvalue weighted by Crippen LogP contribution is -2.42. The molecule has 0 spiro atoms. The molecule has 1 aliphatic heterocycles. The van der Waals surface area contributed by atoms with Crippen LogP contribution in [-0.4, -0.2) is 35.0 Å². The summed E-state index contributed by atoms with van der Waals surface area (Å²) in [7, 11) is 0. The average Bonchev–Trinajstić information content (AvgIpc) is 3.15. The number of aromatic nitrogens is 2. The summed E-state index contributed by atoms with van der Waals surface area (Å²) in [4.78, 5) is 0. The normalized spacial score (nSPS) is 29.3. The fourth-order valence-corrected chi connectivity index (χ4v) is 4.22. The summed E-state index contributed by atoms with van der Waals surface area (Å²) >= 11 is 0. The molecule has 1 aliphatic carbocycles. The largest absolute Gasteiger partial charge is 0.314 e. The molecule has 1 saturated carbocycles. The van der Waals surface area contributed by atoms with Crippen LogP contribution >= 0.6 is 0 Å². The molecule has 3 rings (SSSR count). The smallest absolute Gasteiger partial charge is 0.0596 e. The first kappa shape index (κ1) is 15.0. The van der Waals surface area contributed by atoms with Crippen LogP contribution in [-0.2, 0) is 6.54 Å². The second-order valence-electron chi connectivity index (χ2n) is 6.86. The van der Waals surface area contributed by atoms with Gasteiger partial charge in [-0.05, 0) is 71.0 Å². The molecule has 1 aromatic rings. The Kier molecular flexibility index (Phi) is 4.96. The van der Waals surface area contributed by atoms with Crippen molar-refractivity contribution in [3.05, 3.63) is 17.5 Å². The van der Waals surface area contributed by atoms with Crippen LogP contribution in [0.25, 0.3) is 0 Å². The van der Waals surface area contributed by atoms with Crippen LogP contribution in [0.4, 0.5) is 0 Å². The third-order valence-electron chi connectivity index (χ3n) is 5.24. The van der Waals surface area contributed by atoms with E-state index in [9.17, 15) is 0 Å². The predicted octanol–water partition coefficient (Wildman–Crippen LogP) is 2.40. The first-order valence-corrected chi connectivity index (χ1v) is 8.72. The van der Waals surface area contributed by atoms with Crippen molar-refractivity contribution in [2.75, 3.05) is 13.1 Å². The summed E-state index contributed by atoms with van der Waals surface area (Å²) in [5.41, 5.74) is 2.41. The molecule has 2 aliphatic rings. The van der Waals surface area contributed by atoms with Gasteiger partial charge in [0.1, 0.15) is 0 Å².